The van der Waals surface area contributed by atoms with Crippen LogP contribution in [-0.2, 0) is 74.5 Å². The van der Waals surface area contributed by atoms with Gasteiger partial charge in [0.25, 0.3) is 0 Å². The maximum atomic E-state index is 12.0. The second kappa shape index (κ2) is 31.8. The van der Waals surface area contributed by atoms with Crippen molar-refractivity contribution in [2.45, 2.75) is 177 Å². The highest BCUT2D eigenvalue weighted by Crippen LogP contribution is 2.26. The number of hydrogen-bond donors (Lipinski definition) is 2. The zero-order valence-electron chi connectivity index (χ0n) is 45.6. The number of carbonyl (C=O) groups is 4. The lowest BCUT2D eigenvalue weighted by Crippen LogP contribution is -2.39. The van der Waals surface area contributed by atoms with Gasteiger partial charge in [0.15, 0.2) is 0 Å². The van der Waals surface area contributed by atoms with Gasteiger partial charge in [0.1, 0.15) is 16.8 Å². The largest absolute Gasteiger partial charge is 1.00 e. The molecule has 72 heavy (non-hydrogen) atoms. The molecule has 5 aliphatic rings. The van der Waals surface area contributed by atoms with Crippen molar-refractivity contribution in [3.8, 4) is 0 Å². The molecule has 5 heterocycles. The fourth-order valence-electron chi connectivity index (χ4n) is 7.55. The van der Waals surface area contributed by atoms with E-state index in [4.69, 9.17) is 35.3 Å². The summed E-state index contributed by atoms with van der Waals surface area (Å²) in [5.41, 5.74) is 7.97. The standard InChI is InChI=1S/C15H20BrNO2.C15H19NO4.C15H21NO3.2C4H8O.C2H6.CH4.BH3.H/c1-15(2,3)19-14(18)17-7-6-12-8-11(9-16)4-5-13(12)10-17;1-15(2,3)20-14(19)16-7-6-10-8-11(13(17)18)4-5-12(10)9-16;1-15(2,3)19-14(18)16-7-6-12-8-11(10-17)4-5-13(12)9-16;2*1-2-4-5-3-1;1-2;;;/h4-5,8H,6-7,9-10H2,1-3H3;4-5,8H,6-7,9H2,1-3H3,(H,17,18);4-5,8,17H,6-7,9-10H2,1-3H3;2*1-4H2;1-2H3;1H4;1H3;/q;;;;;;;;-1/i;;;;;1D;;;1+1. The minimum atomic E-state index is -0.928. The van der Waals surface area contributed by atoms with Crippen LogP contribution in [0.4, 0.5) is 14.4 Å². The average Bonchev–Trinajstić information content (AvgIpc) is 4.11. The average molecular weight is 1070 g/mol. The van der Waals surface area contributed by atoms with Crippen molar-refractivity contribution in [3.05, 3.63) is 105 Å². The maximum Gasteiger partial charge on any atom is 0.410 e. The number of benzene rings is 3. The van der Waals surface area contributed by atoms with Gasteiger partial charge >= 0.3 is 24.2 Å². The maximum absolute atomic E-state index is 12.0. The van der Waals surface area contributed by atoms with E-state index in [9.17, 15) is 19.2 Å². The molecule has 0 bridgehead atoms. The molecule has 0 aliphatic carbocycles. The Kier molecular flexibility index (Phi) is 28.1. The summed E-state index contributed by atoms with van der Waals surface area (Å²) in [6.07, 6.45) is 6.66. The Morgan fingerprint density at radius 2 is 0.917 bits per heavy atom. The van der Waals surface area contributed by atoms with E-state index in [1.165, 1.54) is 47.9 Å². The van der Waals surface area contributed by atoms with Crippen LogP contribution in [0.3, 0.4) is 0 Å². The highest BCUT2D eigenvalue weighted by molar-refractivity contribution is 9.08. The number of amides is 3. The third-order valence-corrected chi connectivity index (χ3v) is 11.6. The van der Waals surface area contributed by atoms with Crippen molar-refractivity contribution in [1.82, 2.24) is 14.7 Å². The minimum Gasteiger partial charge on any atom is -1.00 e. The molecule has 5 aliphatic heterocycles. The van der Waals surface area contributed by atoms with Crippen molar-refractivity contribution < 1.29 is 55.9 Å². The molecule has 8 rings (SSSR count). The summed E-state index contributed by atoms with van der Waals surface area (Å²) in [5, 5.41) is 19.0. The molecule has 2 fully saturated rings. The fourth-order valence-corrected chi connectivity index (χ4v) is 7.90. The first kappa shape index (κ1) is 63.5. The van der Waals surface area contributed by atoms with Crippen molar-refractivity contribution in [2.24, 2.45) is 0 Å². The number of hydrogen-bond acceptors (Lipinski definition) is 10. The number of ether oxygens (including phenoxy) is 5. The van der Waals surface area contributed by atoms with Crippen molar-refractivity contribution >= 4 is 48.6 Å². The fraction of sp³-hybridized carbons (Fsp3) is 0.607. The van der Waals surface area contributed by atoms with E-state index in [2.05, 4.69) is 34.1 Å². The van der Waals surface area contributed by atoms with Crippen LogP contribution in [0, 0.1) is 0 Å². The summed E-state index contributed by atoms with van der Waals surface area (Å²) in [6, 6.07) is 17.4. The van der Waals surface area contributed by atoms with Gasteiger partial charge in [-0.3, -0.25) is 0 Å². The second-order valence-corrected chi connectivity index (χ2v) is 20.9. The number of nitrogens with zero attached hydrogens (tertiary/aromatic N) is 3. The lowest BCUT2D eigenvalue weighted by molar-refractivity contribution is 0.0214. The smallest absolute Gasteiger partial charge is 0.410 e. The van der Waals surface area contributed by atoms with Crippen LogP contribution in [-0.4, -0.2) is 120 Å². The Morgan fingerprint density at radius 3 is 1.21 bits per heavy atom. The molecule has 3 aromatic carbocycles. The van der Waals surface area contributed by atoms with Gasteiger partial charge in [-0.1, -0.05) is 79.6 Å². The predicted octanol–water partition coefficient (Wildman–Crippen LogP) is 11.2. The number of carboxylic acid groups (broad SMARTS) is 1. The van der Waals surface area contributed by atoms with Gasteiger partial charge in [-0.05, 0) is 164 Å². The Balaban J connectivity index is 0.000000941. The molecular weight excluding hydrogens is 981 g/mol. The Morgan fingerprint density at radius 1 is 0.597 bits per heavy atom. The second-order valence-electron chi connectivity index (χ2n) is 20.4. The van der Waals surface area contributed by atoms with Crippen LogP contribution >= 0.6 is 15.9 Å². The minimum absolute atomic E-state index is 0. The summed E-state index contributed by atoms with van der Waals surface area (Å²) >= 11 is 3.47. The van der Waals surface area contributed by atoms with Crippen molar-refractivity contribution in [3.63, 3.8) is 0 Å². The van der Waals surface area contributed by atoms with Gasteiger partial charge in [0, 0.05) is 72.4 Å². The molecule has 0 atom stereocenters. The lowest BCUT2D eigenvalue weighted by Gasteiger charge is -2.31. The predicted molar refractivity (Wildman–Crippen MR) is 295 cm³/mol. The third kappa shape index (κ3) is 23.9. The quantitative estimate of drug-likeness (QED) is 0.146. The van der Waals surface area contributed by atoms with Crippen LogP contribution < -0.4 is 0 Å². The molecule has 0 unspecified atom stereocenters. The highest BCUT2D eigenvalue weighted by atomic mass is 79.9. The molecule has 0 aromatic heterocycles. The number of fused-ring (bicyclic) bond motifs is 3. The van der Waals surface area contributed by atoms with E-state index < -0.39 is 22.8 Å². The normalized spacial score (nSPS) is 15.6. The molecule has 16 heteroatoms. The molecule has 406 valence electrons. The van der Waals surface area contributed by atoms with Crippen LogP contribution in [0.2, 0.25) is 0 Å². The van der Waals surface area contributed by atoms with Crippen LogP contribution in [0.15, 0.2) is 54.6 Å². The molecule has 14 nitrogen and oxygen atoms in total. The molecule has 0 saturated carbocycles. The molecule has 0 radical (unpaired) electrons. The van der Waals surface area contributed by atoms with Crippen LogP contribution in [0.25, 0.3) is 0 Å². The van der Waals surface area contributed by atoms with Crippen molar-refractivity contribution in [2.75, 3.05) is 46.1 Å². The molecular formula is C56H90BBrN3O11-. The lowest BCUT2D eigenvalue weighted by atomic mass is 9.97. The van der Waals surface area contributed by atoms with E-state index >= 15 is 0 Å². The van der Waals surface area contributed by atoms with E-state index in [1.807, 2.05) is 80.5 Å². The van der Waals surface area contributed by atoms with Gasteiger partial charge < -0.3 is 50.0 Å². The number of aliphatic hydroxyl groups excluding tert-OH is 1. The highest BCUT2D eigenvalue weighted by Gasteiger charge is 2.28. The first-order chi connectivity index (χ1) is 33.4. The third-order valence-electron chi connectivity index (χ3n) is 11.0. The van der Waals surface area contributed by atoms with Crippen LogP contribution in [0.1, 0.15) is 167 Å². The first-order valence-electron chi connectivity index (χ1n) is 25.3. The summed E-state index contributed by atoms with van der Waals surface area (Å²) in [5.74, 6) is -0.928. The Hall–Kier alpha value is -4.64. The number of carboxylic acids is 1. The van der Waals surface area contributed by atoms with Gasteiger partial charge in [-0.2, -0.15) is 0 Å². The molecule has 0 spiro atoms. The first-order valence-corrected chi connectivity index (χ1v) is 25.7. The zero-order chi connectivity index (χ0) is 52.8. The van der Waals surface area contributed by atoms with E-state index in [1.54, 1.807) is 39.8 Å². The number of carbonyl (C=O) groups excluding carboxylic acids is 3. The molecule has 2 saturated heterocycles. The zero-order valence-corrected chi connectivity index (χ0v) is 45.2. The van der Waals surface area contributed by atoms with Gasteiger partial charge in [0.2, 0.25) is 0 Å². The number of aromatic carboxylic acids is 1. The van der Waals surface area contributed by atoms with Gasteiger partial charge in [-0.25, -0.2) is 19.2 Å². The van der Waals surface area contributed by atoms with Crippen LogP contribution in [0.5, 0.6) is 0 Å². The summed E-state index contributed by atoms with van der Waals surface area (Å²) in [4.78, 5) is 52.1. The molecule has 3 amide bonds. The van der Waals surface area contributed by atoms with Crippen molar-refractivity contribution in [1.29, 1.82) is 0 Å². The van der Waals surface area contributed by atoms with Gasteiger partial charge in [0.05, 0.1) is 20.6 Å². The number of alkyl halides is 1. The number of aliphatic hydroxyl groups is 1. The topological polar surface area (TPSA) is 165 Å². The van der Waals surface area contributed by atoms with E-state index in [0.29, 0.717) is 46.0 Å². The number of halogens is 1. The summed E-state index contributed by atoms with van der Waals surface area (Å²) in [7, 11) is 0. The van der Waals surface area contributed by atoms with Gasteiger partial charge in [-0.15, -0.1) is 0 Å². The Labute approximate surface area is 445 Å². The monoisotopic (exact) mass is 1070 g/mol. The van der Waals surface area contributed by atoms with E-state index in [0.717, 1.165) is 73.4 Å². The summed E-state index contributed by atoms with van der Waals surface area (Å²) < 4.78 is 32.2. The van der Waals surface area contributed by atoms with E-state index in [-0.39, 0.29) is 47.7 Å². The molecule has 3 aromatic rings. The summed E-state index contributed by atoms with van der Waals surface area (Å²) in [6.45, 7) is 26.8. The Bertz CT molecular complexity index is 2040. The SMILES string of the molecule is B.C.C1CCOC1.C1CCOC1.CC(C)(C)OC(=O)N1CCc2cc(C(=O)O)ccc2C1.CC(C)(C)OC(=O)N1CCc2cc(CBr)ccc2C1.CC(C)(C)OC(=O)N1CCc2cc(CO)ccc2C1.[2H-].[2H]CC. The molecule has 2 N–H and O–H groups in total. The number of rotatable bonds is 3.